The van der Waals surface area contributed by atoms with Gasteiger partial charge >= 0.3 is 0 Å². The van der Waals surface area contributed by atoms with Crippen LogP contribution in [0.2, 0.25) is 10.2 Å². The fraction of sp³-hybridized carbons (Fsp3) is 0.154. The van der Waals surface area contributed by atoms with Crippen molar-refractivity contribution < 1.29 is 0 Å². The third kappa shape index (κ3) is 3.02. The van der Waals surface area contributed by atoms with Crippen LogP contribution in [0.4, 0.5) is 0 Å². The van der Waals surface area contributed by atoms with Crippen LogP contribution < -0.4 is 0 Å². The molecule has 2 nitrogen and oxygen atoms in total. The topological polar surface area (TPSA) is 17.8 Å². The molecule has 92 valence electrons. The summed E-state index contributed by atoms with van der Waals surface area (Å²) >= 11 is 13.5. The Bertz CT molecular complexity index is 594. The normalized spacial score (nSPS) is 9.94. The number of benzene rings is 1. The molecular formula is C13H10Cl2N2S. The van der Waals surface area contributed by atoms with Crippen LogP contribution in [0, 0.1) is 11.2 Å². The van der Waals surface area contributed by atoms with Gasteiger partial charge in [-0.05, 0) is 36.4 Å². The number of imidazole rings is 1. The van der Waals surface area contributed by atoms with Gasteiger partial charge in [-0.2, -0.15) is 0 Å². The highest BCUT2D eigenvalue weighted by Crippen LogP contribution is 2.23. The van der Waals surface area contributed by atoms with Crippen molar-refractivity contribution in [3.63, 3.8) is 0 Å². The summed E-state index contributed by atoms with van der Waals surface area (Å²) < 4.78 is 1.95. The maximum absolute atomic E-state index is 6.09. The Morgan fingerprint density at radius 1 is 1.28 bits per heavy atom. The van der Waals surface area contributed by atoms with Crippen LogP contribution in [0.3, 0.4) is 0 Å². The van der Waals surface area contributed by atoms with Gasteiger partial charge in [0.2, 0.25) is 0 Å². The van der Waals surface area contributed by atoms with Gasteiger partial charge in [-0.3, -0.25) is 0 Å². The molecule has 0 spiro atoms. The Labute approximate surface area is 120 Å². The van der Waals surface area contributed by atoms with Crippen molar-refractivity contribution >= 4 is 35.0 Å². The minimum Gasteiger partial charge on any atom is -0.301 e. The van der Waals surface area contributed by atoms with Crippen molar-refractivity contribution in [3.05, 3.63) is 46.5 Å². The van der Waals surface area contributed by atoms with Crippen molar-refractivity contribution in [3.8, 4) is 16.9 Å². The molecule has 2 rings (SSSR count). The van der Waals surface area contributed by atoms with Crippen molar-refractivity contribution in [2.45, 2.75) is 12.7 Å². The second-order valence-corrected chi connectivity index (χ2v) is 5.05. The Balaban J connectivity index is 2.32. The monoisotopic (exact) mass is 296 g/mol. The van der Waals surface area contributed by atoms with E-state index in [0.717, 1.165) is 11.4 Å². The second-order valence-electron chi connectivity index (χ2n) is 3.47. The van der Waals surface area contributed by atoms with E-state index in [2.05, 4.69) is 16.2 Å². The summed E-state index contributed by atoms with van der Waals surface area (Å²) in [6, 6.07) is 7.54. The first-order chi connectivity index (χ1) is 8.72. The fourth-order valence-corrected chi connectivity index (χ4v) is 2.52. The van der Waals surface area contributed by atoms with Crippen LogP contribution in [0.15, 0.2) is 30.6 Å². The Morgan fingerprint density at radius 3 is 2.67 bits per heavy atom. The molecule has 0 radical (unpaired) electrons. The molecule has 0 unspecified atom stereocenters. The zero-order valence-electron chi connectivity index (χ0n) is 9.65. The molecule has 1 aromatic carbocycles. The SMILES string of the molecule is CC#CSCc1c(Cl)ncn1-c1ccc(Cl)cc1. The number of aromatic nitrogens is 2. The lowest BCUT2D eigenvalue weighted by Gasteiger charge is -2.07. The zero-order chi connectivity index (χ0) is 13.0. The van der Waals surface area contributed by atoms with Crippen LogP contribution in [0.25, 0.3) is 5.69 Å². The van der Waals surface area contributed by atoms with E-state index in [1.54, 1.807) is 6.33 Å². The molecule has 0 saturated carbocycles. The average molecular weight is 297 g/mol. The summed E-state index contributed by atoms with van der Waals surface area (Å²) in [6.45, 7) is 1.81. The number of rotatable bonds is 3. The molecule has 0 aliphatic heterocycles. The highest BCUT2D eigenvalue weighted by Gasteiger charge is 2.10. The van der Waals surface area contributed by atoms with Gasteiger partial charge in [-0.25, -0.2) is 4.98 Å². The van der Waals surface area contributed by atoms with Crippen LogP contribution in [-0.4, -0.2) is 9.55 Å². The third-order valence-corrected chi connectivity index (χ3v) is 3.64. The van der Waals surface area contributed by atoms with E-state index in [4.69, 9.17) is 23.2 Å². The lowest BCUT2D eigenvalue weighted by Crippen LogP contribution is -1.97. The first-order valence-electron chi connectivity index (χ1n) is 5.23. The van der Waals surface area contributed by atoms with Gasteiger partial charge in [-0.15, -0.1) is 0 Å². The fourth-order valence-electron chi connectivity index (χ4n) is 1.48. The molecule has 0 amide bonds. The molecule has 0 aliphatic rings. The Morgan fingerprint density at radius 2 is 2.00 bits per heavy atom. The summed E-state index contributed by atoms with van der Waals surface area (Å²) in [5.74, 6) is 3.54. The molecule has 0 atom stereocenters. The Hall–Kier alpha value is -1.08. The van der Waals surface area contributed by atoms with Gasteiger partial charge < -0.3 is 4.57 Å². The van der Waals surface area contributed by atoms with E-state index in [0.29, 0.717) is 15.9 Å². The van der Waals surface area contributed by atoms with E-state index < -0.39 is 0 Å². The molecule has 0 aliphatic carbocycles. The first-order valence-corrected chi connectivity index (χ1v) is 6.97. The molecule has 18 heavy (non-hydrogen) atoms. The summed E-state index contributed by atoms with van der Waals surface area (Å²) in [5, 5.41) is 4.16. The summed E-state index contributed by atoms with van der Waals surface area (Å²) in [5.41, 5.74) is 1.92. The van der Waals surface area contributed by atoms with E-state index >= 15 is 0 Å². The molecule has 1 heterocycles. The average Bonchev–Trinajstić information content (AvgIpc) is 2.73. The molecule has 0 N–H and O–H groups in total. The quantitative estimate of drug-likeness (QED) is 0.782. The predicted molar refractivity (Wildman–Crippen MR) is 78.3 cm³/mol. The highest BCUT2D eigenvalue weighted by atomic mass is 35.5. The summed E-state index contributed by atoms with van der Waals surface area (Å²) in [7, 11) is 0. The second kappa shape index (κ2) is 6.19. The molecule has 0 saturated heterocycles. The standard InChI is InChI=1S/C13H10Cl2N2S/c1-2-7-18-8-12-13(15)16-9-17(12)11-5-3-10(14)4-6-11/h3-6,9H,8H2,1H3. The van der Waals surface area contributed by atoms with Crippen molar-refractivity contribution in [1.82, 2.24) is 9.55 Å². The summed E-state index contributed by atoms with van der Waals surface area (Å²) in [6.07, 6.45) is 1.71. The summed E-state index contributed by atoms with van der Waals surface area (Å²) in [4.78, 5) is 4.13. The van der Waals surface area contributed by atoms with Gasteiger partial charge in [0.25, 0.3) is 0 Å². The zero-order valence-corrected chi connectivity index (χ0v) is 12.0. The molecule has 1 aromatic heterocycles. The van der Waals surface area contributed by atoms with Gasteiger partial charge in [0.1, 0.15) is 6.33 Å². The smallest absolute Gasteiger partial charge is 0.151 e. The third-order valence-electron chi connectivity index (χ3n) is 2.30. The van der Waals surface area contributed by atoms with Gasteiger partial charge in [0.05, 0.1) is 5.69 Å². The van der Waals surface area contributed by atoms with Crippen LogP contribution >= 0.6 is 35.0 Å². The number of hydrogen-bond donors (Lipinski definition) is 0. The van der Waals surface area contributed by atoms with E-state index in [9.17, 15) is 0 Å². The van der Waals surface area contributed by atoms with Crippen molar-refractivity contribution in [2.75, 3.05) is 0 Å². The minimum absolute atomic E-state index is 0.510. The van der Waals surface area contributed by atoms with E-state index in [-0.39, 0.29) is 0 Å². The van der Waals surface area contributed by atoms with Crippen LogP contribution in [0.1, 0.15) is 12.6 Å². The largest absolute Gasteiger partial charge is 0.301 e. The van der Waals surface area contributed by atoms with Crippen LogP contribution in [-0.2, 0) is 5.75 Å². The maximum atomic E-state index is 6.09. The Kier molecular flexibility index (Phi) is 4.60. The predicted octanol–water partition coefficient (Wildman–Crippen LogP) is 4.39. The maximum Gasteiger partial charge on any atom is 0.151 e. The number of hydrogen-bond acceptors (Lipinski definition) is 2. The molecule has 0 fully saturated rings. The van der Waals surface area contributed by atoms with Gasteiger partial charge in [-0.1, -0.05) is 40.9 Å². The first kappa shape index (κ1) is 13.4. The number of thioether (sulfide) groups is 1. The number of nitrogens with zero attached hydrogens (tertiary/aromatic N) is 2. The molecule has 0 bridgehead atoms. The van der Waals surface area contributed by atoms with E-state index in [1.807, 2.05) is 35.8 Å². The van der Waals surface area contributed by atoms with Gasteiger partial charge in [0, 0.05) is 16.5 Å². The lowest BCUT2D eigenvalue weighted by atomic mass is 10.3. The lowest BCUT2D eigenvalue weighted by molar-refractivity contribution is 0.996. The minimum atomic E-state index is 0.510. The highest BCUT2D eigenvalue weighted by molar-refractivity contribution is 8.03. The molecular weight excluding hydrogens is 287 g/mol. The molecule has 5 heteroatoms. The van der Waals surface area contributed by atoms with E-state index in [1.165, 1.54) is 11.8 Å². The number of halogens is 2. The van der Waals surface area contributed by atoms with Crippen LogP contribution in [0.5, 0.6) is 0 Å². The van der Waals surface area contributed by atoms with Crippen molar-refractivity contribution in [1.29, 1.82) is 0 Å². The molecule has 2 aromatic rings. The van der Waals surface area contributed by atoms with Gasteiger partial charge in [0.15, 0.2) is 5.15 Å². The van der Waals surface area contributed by atoms with Crippen molar-refractivity contribution in [2.24, 2.45) is 0 Å².